The Balaban J connectivity index is 3.81. The monoisotopic (exact) mass is 252 g/mol. The second-order valence-corrected chi connectivity index (χ2v) is 4.49. The summed E-state index contributed by atoms with van der Waals surface area (Å²) in [5.74, 6) is -0.906. The first-order chi connectivity index (χ1) is 5.90. The predicted octanol–water partition coefficient (Wildman–Crippen LogP) is 1.61. The minimum absolute atomic E-state index is 0.324. The van der Waals surface area contributed by atoms with Crippen LogP contribution in [0.3, 0.4) is 0 Å². The number of esters is 2. The maximum absolute atomic E-state index is 11.2. The van der Waals surface area contributed by atoms with Crippen LogP contribution in [-0.4, -0.2) is 23.1 Å². The van der Waals surface area contributed by atoms with Crippen molar-refractivity contribution in [1.82, 2.24) is 0 Å². The van der Waals surface area contributed by atoms with E-state index in [0.717, 1.165) is 0 Å². The molecule has 0 amide bonds. The topological polar surface area (TPSA) is 52.6 Å². The van der Waals surface area contributed by atoms with Crippen LogP contribution in [0.5, 0.6) is 0 Å². The number of halogens is 1. The van der Waals surface area contributed by atoms with E-state index in [-0.39, 0.29) is 6.79 Å². The molecule has 0 radical (unpaired) electrons. The van der Waals surface area contributed by atoms with Crippen molar-refractivity contribution in [3.63, 3.8) is 0 Å². The first-order valence-electron chi connectivity index (χ1n) is 3.89. The Labute approximate surface area is 85.7 Å². The molecule has 0 saturated heterocycles. The van der Waals surface area contributed by atoms with E-state index >= 15 is 0 Å². The van der Waals surface area contributed by atoms with E-state index in [1.807, 2.05) is 6.92 Å². The Morgan fingerprint density at radius 3 is 2.31 bits per heavy atom. The third kappa shape index (κ3) is 4.87. The quantitative estimate of drug-likeness (QED) is 0.434. The minimum atomic E-state index is -0.701. The molecule has 0 N–H and O–H groups in total. The van der Waals surface area contributed by atoms with Gasteiger partial charge in [0.05, 0.1) is 0 Å². The van der Waals surface area contributed by atoms with E-state index < -0.39 is 16.3 Å². The van der Waals surface area contributed by atoms with E-state index in [4.69, 9.17) is 0 Å². The van der Waals surface area contributed by atoms with Gasteiger partial charge in [-0.3, -0.25) is 9.59 Å². The zero-order valence-electron chi connectivity index (χ0n) is 7.93. The molecule has 0 aromatic carbocycles. The predicted molar refractivity (Wildman–Crippen MR) is 50.3 cm³/mol. The van der Waals surface area contributed by atoms with Gasteiger partial charge < -0.3 is 9.47 Å². The standard InChI is InChI=1S/C8H13BrO4/c1-4-8(3,9)7(11)13-5-12-6(2)10/h4-5H2,1-3H3. The molecule has 0 bridgehead atoms. The molecule has 0 aliphatic rings. The summed E-state index contributed by atoms with van der Waals surface area (Å²) in [6, 6.07) is 0. The fraction of sp³-hybridized carbons (Fsp3) is 0.750. The molecule has 1 atom stereocenters. The van der Waals surface area contributed by atoms with Crippen molar-refractivity contribution in [2.75, 3.05) is 6.79 Å². The lowest BCUT2D eigenvalue weighted by atomic mass is 10.1. The summed E-state index contributed by atoms with van der Waals surface area (Å²) in [6.07, 6.45) is 0.603. The normalized spacial score (nSPS) is 14.5. The van der Waals surface area contributed by atoms with Gasteiger partial charge in [-0.2, -0.15) is 0 Å². The summed E-state index contributed by atoms with van der Waals surface area (Å²) >= 11 is 3.20. The minimum Gasteiger partial charge on any atom is -0.428 e. The van der Waals surface area contributed by atoms with Gasteiger partial charge in [0.15, 0.2) is 0 Å². The molecular weight excluding hydrogens is 240 g/mol. The molecule has 0 heterocycles. The van der Waals surface area contributed by atoms with E-state index in [2.05, 4.69) is 25.4 Å². The van der Waals surface area contributed by atoms with E-state index in [1.54, 1.807) is 6.92 Å². The van der Waals surface area contributed by atoms with E-state index in [0.29, 0.717) is 6.42 Å². The molecule has 5 heteroatoms. The van der Waals surface area contributed by atoms with Gasteiger partial charge in [-0.25, -0.2) is 0 Å². The van der Waals surface area contributed by atoms with Crippen LogP contribution in [0.2, 0.25) is 0 Å². The van der Waals surface area contributed by atoms with Gasteiger partial charge in [0.2, 0.25) is 6.79 Å². The van der Waals surface area contributed by atoms with Crippen LogP contribution in [0, 0.1) is 0 Å². The van der Waals surface area contributed by atoms with Crippen molar-refractivity contribution in [3.05, 3.63) is 0 Å². The fourth-order valence-corrected chi connectivity index (χ4v) is 0.575. The molecule has 0 rings (SSSR count). The van der Waals surface area contributed by atoms with E-state index in [9.17, 15) is 9.59 Å². The Morgan fingerprint density at radius 1 is 1.38 bits per heavy atom. The molecule has 0 saturated carbocycles. The Hall–Kier alpha value is -0.580. The number of hydrogen-bond donors (Lipinski definition) is 0. The van der Waals surface area contributed by atoms with Gasteiger partial charge in [-0.05, 0) is 13.3 Å². The van der Waals surface area contributed by atoms with E-state index in [1.165, 1.54) is 6.92 Å². The average molecular weight is 253 g/mol. The largest absolute Gasteiger partial charge is 0.428 e. The highest BCUT2D eigenvalue weighted by Crippen LogP contribution is 2.22. The highest BCUT2D eigenvalue weighted by Gasteiger charge is 2.29. The highest BCUT2D eigenvalue weighted by molar-refractivity contribution is 9.10. The highest BCUT2D eigenvalue weighted by atomic mass is 79.9. The van der Waals surface area contributed by atoms with Gasteiger partial charge >= 0.3 is 11.9 Å². The molecule has 1 unspecified atom stereocenters. The van der Waals surface area contributed by atoms with Crippen molar-refractivity contribution in [3.8, 4) is 0 Å². The van der Waals surface area contributed by atoms with Crippen molar-refractivity contribution in [2.45, 2.75) is 31.5 Å². The van der Waals surface area contributed by atoms with Gasteiger partial charge in [-0.1, -0.05) is 22.9 Å². The van der Waals surface area contributed by atoms with Crippen LogP contribution < -0.4 is 0 Å². The Bertz CT molecular complexity index is 200. The SMILES string of the molecule is CCC(C)(Br)C(=O)OCOC(C)=O. The number of alkyl halides is 1. The fourth-order valence-electron chi connectivity index (χ4n) is 0.461. The lowest BCUT2D eigenvalue weighted by Crippen LogP contribution is -2.30. The van der Waals surface area contributed by atoms with Crippen LogP contribution in [0.25, 0.3) is 0 Å². The molecule has 13 heavy (non-hydrogen) atoms. The van der Waals surface area contributed by atoms with Crippen molar-refractivity contribution >= 4 is 27.9 Å². The average Bonchev–Trinajstić information content (AvgIpc) is 2.03. The zero-order chi connectivity index (χ0) is 10.5. The summed E-state index contributed by atoms with van der Waals surface area (Å²) in [4.78, 5) is 21.5. The molecule has 0 fully saturated rings. The molecule has 0 aliphatic carbocycles. The number of hydrogen-bond acceptors (Lipinski definition) is 4. The number of ether oxygens (including phenoxy) is 2. The molecule has 0 aromatic rings. The van der Waals surface area contributed by atoms with Crippen LogP contribution in [0.15, 0.2) is 0 Å². The van der Waals surface area contributed by atoms with Crippen molar-refractivity contribution in [1.29, 1.82) is 0 Å². The summed E-state index contributed by atoms with van der Waals surface area (Å²) < 4.78 is 8.43. The Kier molecular flexibility index (Phi) is 4.98. The maximum atomic E-state index is 11.2. The molecule has 0 spiro atoms. The molecule has 76 valence electrons. The van der Waals surface area contributed by atoms with Gasteiger partial charge in [0.1, 0.15) is 4.32 Å². The summed E-state index contributed by atoms with van der Waals surface area (Å²) in [5, 5.41) is 0. The molecule has 0 aromatic heterocycles. The first-order valence-corrected chi connectivity index (χ1v) is 4.69. The summed E-state index contributed by atoms with van der Waals surface area (Å²) in [5.41, 5.74) is 0. The van der Waals surface area contributed by atoms with Gasteiger partial charge in [0.25, 0.3) is 0 Å². The maximum Gasteiger partial charge on any atom is 0.325 e. The lowest BCUT2D eigenvalue weighted by Gasteiger charge is -2.17. The number of rotatable bonds is 4. The Morgan fingerprint density at radius 2 is 1.92 bits per heavy atom. The summed E-state index contributed by atoms with van der Waals surface area (Å²) in [6.45, 7) is 4.47. The molecular formula is C8H13BrO4. The van der Waals surface area contributed by atoms with Crippen LogP contribution in [-0.2, 0) is 19.1 Å². The first kappa shape index (κ1) is 12.4. The third-order valence-corrected chi connectivity index (χ3v) is 2.43. The second kappa shape index (κ2) is 5.21. The van der Waals surface area contributed by atoms with Gasteiger partial charge in [-0.15, -0.1) is 0 Å². The van der Waals surface area contributed by atoms with Crippen molar-refractivity contribution in [2.24, 2.45) is 0 Å². The number of carbonyl (C=O) groups is 2. The third-order valence-electron chi connectivity index (χ3n) is 1.54. The van der Waals surface area contributed by atoms with Crippen LogP contribution in [0.1, 0.15) is 27.2 Å². The number of carbonyl (C=O) groups excluding carboxylic acids is 2. The second-order valence-electron chi connectivity index (χ2n) is 2.74. The van der Waals surface area contributed by atoms with Crippen molar-refractivity contribution < 1.29 is 19.1 Å². The smallest absolute Gasteiger partial charge is 0.325 e. The van der Waals surface area contributed by atoms with Crippen LogP contribution in [0.4, 0.5) is 0 Å². The molecule has 0 aliphatic heterocycles. The van der Waals surface area contributed by atoms with Gasteiger partial charge in [0, 0.05) is 6.92 Å². The lowest BCUT2D eigenvalue weighted by molar-refractivity contribution is -0.167. The molecule has 4 nitrogen and oxygen atoms in total. The van der Waals surface area contributed by atoms with Crippen LogP contribution >= 0.6 is 15.9 Å². The zero-order valence-corrected chi connectivity index (χ0v) is 9.51. The summed E-state index contributed by atoms with van der Waals surface area (Å²) in [7, 11) is 0.